The van der Waals surface area contributed by atoms with E-state index in [1.165, 1.54) is 0 Å². The topological polar surface area (TPSA) is 80.3 Å². The molecular weight excluding hydrogens is 274 g/mol. The molecule has 7 nitrogen and oxygen atoms in total. The van der Waals surface area contributed by atoms with Crippen LogP contribution in [0.2, 0.25) is 0 Å². The number of hydrogen-bond donors (Lipinski definition) is 0. The minimum atomic E-state index is -5.41. The zero-order valence-corrected chi connectivity index (χ0v) is 7.13. The Labute approximate surface area is 86.6 Å². The van der Waals surface area contributed by atoms with Crippen molar-refractivity contribution in [2.45, 2.75) is 12.7 Å². The first-order valence-corrected chi connectivity index (χ1v) is 3.10. The highest BCUT2D eigenvalue weighted by Crippen LogP contribution is 2.18. The van der Waals surface area contributed by atoms with E-state index in [1.54, 1.807) is 0 Å². The van der Waals surface area contributed by atoms with Crippen LogP contribution in [0.15, 0.2) is 0 Å². The average molecular weight is 274 g/mol. The standard InChI is InChI=1S/C4F6O7/c5-3(6,7)13-1(11)15-17-16-2(12)14-4(8,9)10. The van der Waals surface area contributed by atoms with E-state index in [0.717, 1.165) is 0 Å². The SMILES string of the molecule is O=C(OOOC(=O)OC(F)(F)F)OC(F)(F)F. The van der Waals surface area contributed by atoms with Gasteiger partial charge in [-0.15, -0.1) is 26.3 Å². The van der Waals surface area contributed by atoms with Gasteiger partial charge in [-0.3, -0.25) is 0 Å². The van der Waals surface area contributed by atoms with Gasteiger partial charge in [0, 0.05) is 0 Å². The number of hydrogen-bond acceptors (Lipinski definition) is 7. The summed E-state index contributed by atoms with van der Waals surface area (Å²) < 4.78 is 72.5. The Balaban J connectivity index is 3.78. The molecule has 0 saturated heterocycles. The minimum absolute atomic E-state index is 2.48. The van der Waals surface area contributed by atoms with E-state index in [2.05, 4.69) is 24.3 Å². The van der Waals surface area contributed by atoms with Gasteiger partial charge in [-0.2, -0.15) is 0 Å². The highest BCUT2D eigenvalue weighted by atomic mass is 19.4. The molecule has 0 aliphatic rings. The van der Waals surface area contributed by atoms with Crippen LogP contribution in [-0.2, 0) is 24.3 Å². The third-order valence-electron chi connectivity index (χ3n) is 0.602. The maximum Gasteiger partial charge on any atom is 0.577 e. The van der Waals surface area contributed by atoms with Gasteiger partial charge in [-0.1, -0.05) is 0 Å². The smallest absolute Gasteiger partial charge is 0.338 e. The lowest BCUT2D eigenvalue weighted by atomic mass is 11.2. The number of ether oxygens (including phenoxy) is 2. The van der Waals surface area contributed by atoms with Crippen LogP contribution in [0.4, 0.5) is 35.9 Å². The van der Waals surface area contributed by atoms with Crippen molar-refractivity contribution in [3.05, 3.63) is 0 Å². The third-order valence-corrected chi connectivity index (χ3v) is 0.602. The first-order valence-electron chi connectivity index (χ1n) is 3.10. The summed E-state index contributed by atoms with van der Waals surface area (Å²) in [5.74, 6) is 0. The fourth-order valence-corrected chi connectivity index (χ4v) is 0.296. The highest BCUT2D eigenvalue weighted by molar-refractivity contribution is 5.60. The average Bonchev–Trinajstić information content (AvgIpc) is 1.95. The highest BCUT2D eigenvalue weighted by Gasteiger charge is 2.37. The van der Waals surface area contributed by atoms with E-state index in [1.807, 2.05) is 0 Å². The van der Waals surface area contributed by atoms with Gasteiger partial charge in [0.2, 0.25) is 0 Å². The molecule has 0 N–H and O–H groups in total. The van der Waals surface area contributed by atoms with Crippen LogP contribution < -0.4 is 0 Å². The van der Waals surface area contributed by atoms with Crippen molar-refractivity contribution in [1.82, 2.24) is 0 Å². The molecule has 17 heavy (non-hydrogen) atoms. The largest absolute Gasteiger partial charge is 0.577 e. The minimum Gasteiger partial charge on any atom is -0.338 e. The van der Waals surface area contributed by atoms with Crippen molar-refractivity contribution in [2.75, 3.05) is 0 Å². The van der Waals surface area contributed by atoms with Crippen molar-refractivity contribution in [1.29, 1.82) is 0 Å². The second-order valence-electron chi connectivity index (χ2n) is 1.83. The summed E-state index contributed by atoms with van der Waals surface area (Å²) in [5, 5.41) is 2.90. The van der Waals surface area contributed by atoms with Gasteiger partial charge < -0.3 is 9.47 Å². The van der Waals surface area contributed by atoms with Crippen LogP contribution in [-0.4, -0.2) is 25.0 Å². The van der Waals surface area contributed by atoms with Crippen LogP contribution in [0.25, 0.3) is 0 Å². The first kappa shape index (κ1) is 15.1. The molecule has 0 aliphatic carbocycles. The molecule has 0 radical (unpaired) electrons. The van der Waals surface area contributed by atoms with E-state index in [-0.39, 0.29) is 0 Å². The summed E-state index contributed by atoms with van der Waals surface area (Å²) in [5.41, 5.74) is 0. The Kier molecular flexibility index (Phi) is 4.81. The maximum absolute atomic E-state index is 11.3. The van der Waals surface area contributed by atoms with Crippen LogP contribution >= 0.6 is 0 Å². The molecule has 0 bridgehead atoms. The molecule has 0 fully saturated rings. The zero-order chi connectivity index (χ0) is 13.7. The van der Waals surface area contributed by atoms with E-state index in [9.17, 15) is 35.9 Å². The lowest BCUT2D eigenvalue weighted by Crippen LogP contribution is -2.23. The molecule has 0 unspecified atom stereocenters. The van der Waals surface area contributed by atoms with E-state index in [0.29, 0.717) is 0 Å². The molecule has 100 valence electrons. The summed E-state index contributed by atoms with van der Waals surface area (Å²) in [6, 6.07) is 0. The fourth-order valence-electron chi connectivity index (χ4n) is 0.296. The molecule has 0 heterocycles. The van der Waals surface area contributed by atoms with Crippen LogP contribution in [0.5, 0.6) is 0 Å². The Hall–Kier alpha value is -1.92. The number of carbonyl (C=O) groups is 2. The van der Waals surface area contributed by atoms with Crippen molar-refractivity contribution in [2.24, 2.45) is 0 Å². The molecule has 0 aromatic carbocycles. The zero-order valence-electron chi connectivity index (χ0n) is 7.13. The number of carbonyl (C=O) groups excluding carboxylic acids is 2. The van der Waals surface area contributed by atoms with Gasteiger partial charge in [0.05, 0.1) is 5.04 Å². The predicted octanol–water partition coefficient (Wildman–Crippen LogP) is 2.18. The second-order valence-corrected chi connectivity index (χ2v) is 1.83. The van der Waals surface area contributed by atoms with E-state index in [4.69, 9.17) is 0 Å². The summed E-state index contributed by atoms with van der Waals surface area (Å²) in [7, 11) is 0. The van der Waals surface area contributed by atoms with Crippen molar-refractivity contribution >= 4 is 12.3 Å². The maximum atomic E-state index is 11.3. The normalized spacial score (nSPS) is 11.6. The lowest BCUT2D eigenvalue weighted by Gasteiger charge is -2.06. The Bertz CT molecular complexity index is 253. The summed E-state index contributed by atoms with van der Waals surface area (Å²) in [4.78, 5) is 25.8. The van der Waals surface area contributed by atoms with E-state index < -0.39 is 25.0 Å². The van der Waals surface area contributed by atoms with Crippen molar-refractivity contribution in [3.63, 3.8) is 0 Å². The van der Waals surface area contributed by atoms with Crippen LogP contribution in [0, 0.1) is 0 Å². The molecule has 0 atom stereocenters. The molecular formula is C4F6O7. The molecule has 0 amide bonds. The van der Waals surface area contributed by atoms with Gasteiger partial charge in [0.15, 0.2) is 0 Å². The van der Waals surface area contributed by atoms with Crippen LogP contribution in [0.1, 0.15) is 0 Å². The predicted molar refractivity (Wildman–Crippen MR) is 28.3 cm³/mol. The number of rotatable bonds is 2. The fraction of sp³-hybridized carbons (Fsp3) is 0.500. The molecule has 0 rings (SSSR count). The first-order chi connectivity index (χ1) is 7.49. The van der Waals surface area contributed by atoms with Gasteiger partial charge >= 0.3 is 25.0 Å². The summed E-state index contributed by atoms with van der Waals surface area (Å²) >= 11 is 0. The van der Waals surface area contributed by atoms with Gasteiger partial charge in [0.25, 0.3) is 0 Å². The molecule has 0 spiro atoms. The lowest BCUT2D eigenvalue weighted by molar-refractivity contribution is -0.472. The molecule has 0 saturated carbocycles. The van der Waals surface area contributed by atoms with Gasteiger partial charge in [-0.25, -0.2) is 19.4 Å². The summed E-state index contributed by atoms with van der Waals surface area (Å²) in [6.45, 7) is 0. The van der Waals surface area contributed by atoms with Crippen molar-refractivity contribution < 1.29 is 60.2 Å². The number of halogens is 6. The van der Waals surface area contributed by atoms with Crippen molar-refractivity contribution in [3.8, 4) is 0 Å². The second kappa shape index (κ2) is 5.42. The van der Waals surface area contributed by atoms with E-state index >= 15 is 0 Å². The Morgan fingerprint density at radius 2 is 1.00 bits per heavy atom. The molecule has 0 aromatic heterocycles. The summed E-state index contributed by atoms with van der Waals surface area (Å²) in [6.07, 6.45) is -15.9. The van der Waals surface area contributed by atoms with Crippen LogP contribution in [0.3, 0.4) is 0 Å². The Morgan fingerprint density at radius 1 is 0.706 bits per heavy atom. The molecule has 13 heteroatoms. The quantitative estimate of drug-likeness (QED) is 0.330. The Morgan fingerprint density at radius 3 is 1.24 bits per heavy atom. The van der Waals surface area contributed by atoms with Gasteiger partial charge in [0.1, 0.15) is 0 Å². The molecule has 0 aromatic rings. The monoisotopic (exact) mass is 274 g/mol. The molecule has 0 aliphatic heterocycles. The number of alkyl halides is 6. The third kappa shape index (κ3) is 10.4. The van der Waals surface area contributed by atoms with Gasteiger partial charge in [-0.05, 0) is 0 Å².